The van der Waals surface area contributed by atoms with E-state index in [-0.39, 0.29) is 12.0 Å². The number of nitrogens with zero attached hydrogens (tertiary/aromatic N) is 1. The van der Waals surface area contributed by atoms with Gasteiger partial charge in [-0.15, -0.1) is 0 Å². The standard InChI is InChI=1S/C11H23NO3/c1-4-5-6-7-10(13)8-9-11(14)12(2)15-3/h10,13H,4-9H2,1-3H3. The van der Waals surface area contributed by atoms with Crippen molar-refractivity contribution in [3.63, 3.8) is 0 Å². The molecular formula is C11H23NO3. The Labute approximate surface area is 92.2 Å². The summed E-state index contributed by atoms with van der Waals surface area (Å²) < 4.78 is 0. The van der Waals surface area contributed by atoms with Crippen molar-refractivity contribution in [3.8, 4) is 0 Å². The normalized spacial score (nSPS) is 12.5. The molecule has 0 heterocycles. The van der Waals surface area contributed by atoms with Crippen LogP contribution in [0.15, 0.2) is 0 Å². The fraction of sp³-hybridized carbons (Fsp3) is 0.909. The van der Waals surface area contributed by atoms with Crippen molar-refractivity contribution in [2.24, 2.45) is 0 Å². The van der Waals surface area contributed by atoms with Crippen LogP contribution in [0.4, 0.5) is 0 Å². The molecule has 0 bridgehead atoms. The fourth-order valence-electron chi connectivity index (χ4n) is 1.32. The first kappa shape index (κ1) is 14.4. The maximum atomic E-state index is 11.3. The van der Waals surface area contributed by atoms with Crippen LogP contribution in [0.1, 0.15) is 45.4 Å². The van der Waals surface area contributed by atoms with E-state index in [1.807, 2.05) is 0 Å². The van der Waals surface area contributed by atoms with Crippen molar-refractivity contribution in [2.45, 2.75) is 51.6 Å². The van der Waals surface area contributed by atoms with E-state index >= 15 is 0 Å². The van der Waals surface area contributed by atoms with E-state index in [9.17, 15) is 9.90 Å². The lowest BCUT2D eigenvalue weighted by Crippen LogP contribution is -2.26. The van der Waals surface area contributed by atoms with Crippen LogP contribution in [-0.4, -0.2) is 36.3 Å². The molecule has 4 nitrogen and oxygen atoms in total. The van der Waals surface area contributed by atoms with Crippen LogP contribution in [0.25, 0.3) is 0 Å². The van der Waals surface area contributed by atoms with Crippen molar-refractivity contribution in [1.29, 1.82) is 0 Å². The van der Waals surface area contributed by atoms with Crippen LogP contribution in [0.2, 0.25) is 0 Å². The van der Waals surface area contributed by atoms with E-state index in [0.717, 1.165) is 25.7 Å². The van der Waals surface area contributed by atoms with Crippen LogP contribution >= 0.6 is 0 Å². The number of hydroxylamine groups is 2. The van der Waals surface area contributed by atoms with Gasteiger partial charge in [0.15, 0.2) is 0 Å². The van der Waals surface area contributed by atoms with Crippen LogP contribution in [-0.2, 0) is 9.63 Å². The second-order valence-electron chi connectivity index (χ2n) is 3.76. The van der Waals surface area contributed by atoms with Gasteiger partial charge < -0.3 is 5.11 Å². The summed E-state index contributed by atoms with van der Waals surface area (Å²) in [6, 6.07) is 0. The van der Waals surface area contributed by atoms with Gasteiger partial charge in [-0.25, -0.2) is 5.06 Å². The highest BCUT2D eigenvalue weighted by Gasteiger charge is 2.11. The molecule has 0 rings (SSSR count). The van der Waals surface area contributed by atoms with Crippen molar-refractivity contribution < 1.29 is 14.7 Å². The first-order chi connectivity index (χ1) is 7.11. The lowest BCUT2D eigenvalue weighted by Gasteiger charge is -2.15. The molecule has 1 atom stereocenters. The number of hydrogen-bond donors (Lipinski definition) is 1. The molecule has 0 fully saturated rings. The predicted molar refractivity (Wildman–Crippen MR) is 59.2 cm³/mol. The average Bonchev–Trinajstić information content (AvgIpc) is 2.25. The third kappa shape index (κ3) is 7.33. The van der Waals surface area contributed by atoms with Crippen LogP contribution in [0.3, 0.4) is 0 Å². The van der Waals surface area contributed by atoms with Gasteiger partial charge in [0.2, 0.25) is 5.91 Å². The first-order valence-electron chi connectivity index (χ1n) is 5.60. The molecule has 0 aliphatic carbocycles. The number of aliphatic hydroxyl groups excluding tert-OH is 1. The fourth-order valence-corrected chi connectivity index (χ4v) is 1.32. The maximum absolute atomic E-state index is 11.3. The van der Waals surface area contributed by atoms with Crippen molar-refractivity contribution in [3.05, 3.63) is 0 Å². The van der Waals surface area contributed by atoms with Gasteiger partial charge in [-0.1, -0.05) is 26.2 Å². The number of carbonyl (C=O) groups excluding carboxylic acids is 1. The monoisotopic (exact) mass is 217 g/mol. The Hall–Kier alpha value is -0.610. The molecule has 0 aromatic rings. The van der Waals surface area contributed by atoms with Crippen molar-refractivity contribution in [2.75, 3.05) is 14.2 Å². The largest absolute Gasteiger partial charge is 0.393 e. The van der Waals surface area contributed by atoms with Gasteiger partial charge in [0.05, 0.1) is 13.2 Å². The third-order valence-electron chi connectivity index (χ3n) is 2.46. The average molecular weight is 217 g/mol. The SMILES string of the molecule is CCCCCC(O)CCC(=O)N(C)OC. The molecule has 90 valence electrons. The molecule has 1 N–H and O–H groups in total. The van der Waals surface area contributed by atoms with Crippen LogP contribution < -0.4 is 0 Å². The van der Waals surface area contributed by atoms with E-state index in [2.05, 4.69) is 6.92 Å². The topological polar surface area (TPSA) is 49.8 Å². The van der Waals surface area contributed by atoms with E-state index in [0.29, 0.717) is 12.8 Å². The van der Waals surface area contributed by atoms with Gasteiger partial charge >= 0.3 is 0 Å². The Balaban J connectivity index is 3.52. The second kappa shape index (κ2) is 8.68. The summed E-state index contributed by atoms with van der Waals surface area (Å²) >= 11 is 0. The Morgan fingerprint density at radius 2 is 2.07 bits per heavy atom. The molecule has 4 heteroatoms. The highest BCUT2D eigenvalue weighted by Crippen LogP contribution is 2.09. The van der Waals surface area contributed by atoms with E-state index in [1.54, 1.807) is 7.05 Å². The quantitative estimate of drug-likeness (QED) is 0.497. The Morgan fingerprint density at radius 1 is 1.40 bits per heavy atom. The molecule has 15 heavy (non-hydrogen) atoms. The van der Waals surface area contributed by atoms with E-state index in [1.165, 1.54) is 12.2 Å². The Bertz CT molecular complexity index is 173. The molecule has 0 aromatic carbocycles. The molecule has 0 aliphatic rings. The molecule has 0 spiro atoms. The number of carbonyl (C=O) groups is 1. The van der Waals surface area contributed by atoms with Crippen molar-refractivity contribution >= 4 is 5.91 Å². The lowest BCUT2D eigenvalue weighted by atomic mass is 10.1. The summed E-state index contributed by atoms with van der Waals surface area (Å²) in [7, 11) is 3.03. The maximum Gasteiger partial charge on any atom is 0.245 e. The molecular weight excluding hydrogens is 194 g/mol. The molecule has 0 aromatic heterocycles. The third-order valence-corrected chi connectivity index (χ3v) is 2.46. The minimum Gasteiger partial charge on any atom is -0.393 e. The summed E-state index contributed by atoms with van der Waals surface area (Å²) in [5.41, 5.74) is 0. The second-order valence-corrected chi connectivity index (χ2v) is 3.76. The van der Waals surface area contributed by atoms with Gasteiger partial charge in [-0.3, -0.25) is 9.63 Å². The van der Waals surface area contributed by atoms with E-state index in [4.69, 9.17) is 4.84 Å². The number of amides is 1. The number of unbranched alkanes of at least 4 members (excludes halogenated alkanes) is 2. The summed E-state index contributed by atoms with van der Waals surface area (Å²) in [5.74, 6) is -0.0907. The Kier molecular flexibility index (Phi) is 8.33. The van der Waals surface area contributed by atoms with Gasteiger partial charge in [-0.2, -0.15) is 0 Å². The zero-order valence-corrected chi connectivity index (χ0v) is 10.0. The molecule has 1 amide bonds. The smallest absolute Gasteiger partial charge is 0.245 e. The molecule has 0 radical (unpaired) electrons. The van der Waals surface area contributed by atoms with Crippen molar-refractivity contribution in [1.82, 2.24) is 5.06 Å². The minimum absolute atomic E-state index is 0.0907. The Morgan fingerprint density at radius 3 is 2.60 bits per heavy atom. The summed E-state index contributed by atoms with van der Waals surface area (Å²) in [5, 5.41) is 10.8. The van der Waals surface area contributed by atoms with Gasteiger partial charge in [-0.05, 0) is 12.8 Å². The predicted octanol–water partition coefficient (Wildman–Crippen LogP) is 1.73. The molecule has 1 unspecified atom stereocenters. The molecule has 0 aliphatic heterocycles. The zero-order valence-electron chi connectivity index (χ0n) is 10.0. The highest BCUT2D eigenvalue weighted by molar-refractivity contribution is 5.74. The van der Waals surface area contributed by atoms with E-state index < -0.39 is 0 Å². The van der Waals surface area contributed by atoms with Gasteiger partial charge in [0, 0.05) is 13.5 Å². The minimum atomic E-state index is -0.356. The lowest BCUT2D eigenvalue weighted by molar-refractivity contribution is -0.169. The molecule has 0 saturated carbocycles. The van der Waals surface area contributed by atoms with Gasteiger partial charge in [0.25, 0.3) is 0 Å². The summed E-state index contributed by atoms with van der Waals surface area (Å²) in [6.45, 7) is 2.13. The first-order valence-corrected chi connectivity index (χ1v) is 5.60. The zero-order chi connectivity index (χ0) is 11.7. The van der Waals surface area contributed by atoms with Crippen LogP contribution in [0, 0.1) is 0 Å². The summed E-state index contributed by atoms with van der Waals surface area (Å²) in [6.07, 6.45) is 4.63. The van der Waals surface area contributed by atoms with Gasteiger partial charge in [0.1, 0.15) is 0 Å². The summed E-state index contributed by atoms with van der Waals surface area (Å²) in [4.78, 5) is 16.0. The number of hydrogen-bond acceptors (Lipinski definition) is 3. The number of rotatable bonds is 8. The van der Waals surface area contributed by atoms with Crippen LogP contribution in [0.5, 0.6) is 0 Å². The molecule has 0 saturated heterocycles. The number of aliphatic hydroxyl groups is 1. The highest BCUT2D eigenvalue weighted by atomic mass is 16.7.